The van der Waals surface area contributed by atoms with Gasteiger partial charge in [-0.1, -0.05) is 140 Å². The Morgan fingerprint density at radius 1 is 0.328 bits per heavy atom. The van der Waals surface area contributed by atoms with Crippen LogP contribution in [0, 0.1) is 0 Å². The summed E-state index contributed by atoms with van der Waals surface area (Å²) in [4.78, 5) is 20.5. The van der Waals surface area contributed by atoms with Crippen molar-refractivity contribution in [3.63, 3.8) is 0 Å². The molecule has 0 saturated carbocycles. The van der Waals surface area contributed by atoms with E-state index in [9.17, 15) is 0 Å². The number of furan rings is 1. The zero-order chi connectivity index (χ0) is 38.2. The Balaban J connectivity index is 1.07. The highest BCUT2D eigenvalue weighted by molar-refractivity contribution is 6.25. The van der Waals surface area contributed by atoms with Crippen molar-refractivity contribution >= 4 is 65.4 Å². The Morgan fingerprint density at radius 3 is 1.64 bits per heavy atom. The molecule has 0 unspecified atom stereocenters. The molecular formula is C52H30N4O2. The van der Waals surface area contributed by atoms with E-state index in [0.29, 0.717) is 28.9 Å². The number of benzene rings is 9. The van der Waals surface area contributed by atoms with Gasteiger partial charge in [0.1, 0.15) is 16.7 Å². The molecule has 12 rings (SSSR count). The van der Waals surface area contributed by atoms with Crippen LogP contribution in [0.15, 0.2) is 191 Å². The van der Waals surface area contributed by atoms with Gasteiger partial charge in [-0.2, -0.15) is 0 Å². The Labute approximate surface area is 331 Å². The summed E-state index contributed by atoms with van der Waals surface area (Å²) in [5, 5.41) is 8.49. The third kappa shape index (κ3) is 5.27. The molecule has 0 spiro atoms. The first-order valence-electron chi connectivity index (χ1n) is 19.3. The standard InChI is InChI=1S/C52H30N4O2/c1-2-12-33(13-3-1)40-16-8-9-17-41(40)51-55-49(37-21-18-31-10-4-6-14-35(31)28-37)54-50(56-51)38-22-20-34-24-26-44-46(42(34)30-38)47-45(57-44)27-25-43-48(47)58-52(53-43)39-23-19-32-11-5-7-15-36(32)29-39/h1-30H. The van der Waals surface area contributed by atoms with Gasteiger partial charge < -0.3 is 8.83 Å². The molecule has 0 N–H and O–H groups in total. The molecule has 12 aromatic rings. The summed E-state index contributed by atoms with van der Waals surface area (Å²) in [6.45, 7) is 0. The Hall–Kier alpha value is -7.96. The van der Waals surface area contributed by atoms with Crippen molar-refractivity contribution in [1.29, 1.82) is 0 Å². The van der Waals surface area contributed by atoms with Crippen molar-refractivity contribution in [2.45, 2.75) is 0 Å². The molecule has 58 heavy (non-hydrogen) atoms. The lowest BCUT2D eigenvalue weighted by atomic mass is 9.99. The van der Waals surface area contributed by atoms with Crippen LogP contribution in [0.5, 0.6) is 0 Å². The number of hydrogen-bond acceptors (Lipinski definition) is 6. The minimum atomic E-state index is 0.568. The van der Waals surface area contributed by atoms with E-state index in [-0.39, 0.29) is 0 Å². The first kappa shape index (κ1) is 32.3. The number of fused-ring (bicyclic) bond motifs is 9. The van der Waals surface area contributed by atoms with Crippen LogP contribution in [0.4, 0.5) is 0 Å². The predicted molar refractivity (Wildman–Crippen MR) is 234 cm³/mol. The molecule has 0 amide bonds. The van der Waals surface area contributed by atoms with Gasteiger partial charge in [0.05, 0.1) is 5.39 Å². The zero-order valence-electron chi connectivity index (χ0n) is 30.9. The molecule has 0 radical (unpaired) electrons. The summed E-state index contributed by atoms with van der Waals surface area (Å²) >= 11 is 0. The number of rotatable bonds is 5. The second-order valence-corrected chi connectivity index (χ2v) is 14.6. The molecule has 3 heterocycles. The number of nitrogens with zero attached hydrogens (tertiary/aromatic N) is 4. The van der Waals surface area contributed by atoms with Crippen molar-refractivity contribution in [1.82, 2.24) is 19.9 Å². The first-order valence-corrected chi connectivity index (χ1v) is 19.3. The van der Waals surface area contributed by atoms with Crippen LogP contribution in [-0.2, 0) is 0 Å². The lowest BCUT2D eigenvalue weighted by molar-refractivity contribution is 0.622. The van der Waals surface area contributed by atoms with Crippen LogP contribution in [0.2, 0.25) is 0 Å². The van der Waals surface area contributed by atoms with Gasteiger partial charge in [-0.15, -0.1) is 0 Å². The van der Waals surface area contributed by atoms with Gasteiger partial charge >= 0.3 is 0 Å². The first-order chi connectivity index (χ1) is 28.7. The van der Waals surface area contributed by atoms with E-state index in [0.717, 1.165) is 87.8 Å². The van der Waals surface area contributed by atoms with E-state index in [1.165, 1.54) is 5.39 Å². The maximum Gasteiger partial charge on any atom is 0.227 e. The van der Waals surface area contributed by atoms with Crippen LogP contribution >= 0.6 is 0 Å². The third-order valence-corrected chi connectivity index (χ3v) is 11.1. The van der Waals surface area contributed by atoms with Crippen LogP contribution < -0.4 is 0 Å². The number of aromatic nitrogens is 4. The van der Waals surface area contributed by atoms with E-state index < -0.39 is 0 Å². The number of oxazole rings is 1. The third-order valence-electron chi connectivity index (χ3n) is 11.1. The van der Waals surface area contributed by atoms with E-state index in [4.69, 9.17) is 28.8 Å². The second kappa shape index (κ2) is 12.8. The van der Waals surface area contributed by atoms with Gasteiger partial charge in [0.25, 0.3) is 0 Å². The summed E-state index contributed by atoms with van der Waals surface area (Å²) in [5.41, 5.74) is 8.73. The summed E-state index contributed by atoms with van der Waals surface area (Å²) in [7, 11) is 0. The van der Waals surface area contributed by atoms with Crippen molar-refractivity contribution in [2.75, 3.05) is 0 Å². The van der Waals surface area contributed by atoms with Crippen LogP contribution in [0.25, 0.3) is 122 Å². The van der Waals surface area contributed by atoms with Crippen LogP contribution in [-0.4, -0.2) is 19.9 Å². The van der Waals surface area contributed by atoms with Gasteiger partial charge in [0, 0.05) is 27.6 Å². The molecule has 0 bridgehead atoms. The highest BCUT2D eigenvalue weighted by Gasteiger charge is 2.21. The molecule has 0 fully saturated rings. The summed E-state index contributed by atoms with van der Waals surface area (Å²) < 4.78 is 13.2. The molecule has 6 heteroatoms. The van der Waals surface area contributed by atoms with Crippen molar-refractivity contribution < 1.29 is 8.83 Å². The smallest absolute Gasteiger partial charge is 0.227 e. The Bertz CT molecular complexity index is 3590. The zero-order valence-corrected chi connectivity index (χ0v) is 30.9. The van der Waals surface area contributed by atoms with E-state index >= 15 is 0 Å². The maximum absolute atomic E-state index is 6.65. The summed E-state index contributed by atoms with van der Waals surface area (Å²) in [5.74, 6) is 2.35. The molecule has 0 aliphatic carbocycles. The molecular weight excluding hydrogens is 713 g/mol. The average Bonchev–Trinajstić information content (AvgIpc) is 3.91. The lowest BCUT2D eigenvalue weighted by Gasteiger charge is -2.12. The topological polar surface area (TPSA) is 77.8 Å². The van der Waals surface area contributed by atoms with Crippen molar-refractivity contribution in [2.24, 2.45) is 0 Å². The molecule has 9 aromatic carbocycles. The molecule has 3 aromatic heterocycles. The van der Waals surface area contributed by atoms with Gasteiger partial charge in [0.2, 0.25) is 5.89 Å². The van der Waals surface area contributed by atoms with E-state index in [1.807, 2.05) is 42.5 Å². The highest BCUT2D eigenvalue weighted by Crippen LogP contribution is 2.41. The fourth-order valence-electron chi connectivity index (χ4n) is 8.27. The molecule has 0 saturated heterocycles. The van der Waals surface area contributed by atoms with Crippen LogP contribution in [0.3, 0.4) is 0 Å². The predicted octanol–water partition coefficient (Wildman–Crippen LogP) is 13.7. The SMILES string of the molecule is c1ccc(-c2ccccc2-c2nc(-c3ccc4ccccc4c3)nc(-c3ccc4ccc5oc6ccc7nc(-c8ccc9ccccc9c8)oc7c6c5c4c3)n2)cc1. The molecule has 0 atom stereocenters. The summed E-state index contributed by atoms with van der Waals surface area (Å²) in [6, 6.07) is 62.4. The Kier molecular flexibility index (Phi) is 7.13. The van der Waals surface area contributed by atoms with Gasteiger partial charge in [-0.25, -0.2) is 19.9 Å². The highest BCUT2D eigenvalue weighted by atomic mass is 16.4. The molecule has 270 valence electrons. The van der Waals surface area contributed by atoms with Crippen molar-refractivity contribution in [3.8, 4) is 56.7 Å². The average molecular weight is 743 g/mol. The largest absolute Gasteiger partial charge is 0.456 e. The maximum atomic E-state index is 6.65. The fraction of sp³-hybridized carbons (Fsp3) is 0. The second-order valence-electron chi connectivity index (χ2n) is 14.6. The number of hydrogen-bond donors (Lipinski definition) is 0. The molecule has 0 aliphatic heterocycles. The minimum Gasteiger partial charge on any atom is -0.456 e. The van der Waals surface area contributed by atoms with Crippen LogP contribution in [0.1, 0.15) is 0 Å². The quantitative estimate of drug-likeness (QED) is 0.175. The molecule has 0 aliphatic rings. The normalized spacial score (nSPS) is 11.8. The Morgan fingerprint density at radius 2 is 0.879 bits per heavy atom. The molecule has 6 nitrogen and oxygen atoms in total. The summed E-state index contributed by atoms with van der Waals surface area (Å²) in [6.07, 6.45) is 0. The van der Waals surface area contributed by atoms with E-state index in [2.05, 4.69) is 140 Å². The van der Waals surface area contributed by atoms with Gasteiger partial charge in [-0.05, 0) is 85.9 Å². The van der Waals surface area contributed by atoms with Gasteiger partial charge in [-0.3, -0.25) is 0 Å². The fourth-order valence-corrected chi connectivity index (χ4v) is 8.27. The monoisotopic (exact) mass is 742 g/mol. The van der Waals surface area contributed by atoms with E-state index in [1.54, 1.807) is 0 Å². The van der Waals surface area contributed by atoms with Gasteiger partial charge in [0.15, 0.2) is 23.1 Å². The van der Waals surface area contributed by atoms with Crippen molar-refractivity contribution in [3.05, 3.63) is 182 Å². The minimum absolute atomic E-state index is 0.568. The lowest BCUT2D eigenvalue weighted by Crippen LogP contribution is -2.01.